The number of amides is 1. The van der Waals surface area contributed by atoms with Crippen LogP contribution in [-0.4, -0.2) is 28.1 Å². The number of nitrogens with two attached hydrogens (primary N) is 1. The fraction of sp³-hybridized carbons (Fsp3) is 0.538. The van der Waals surface area contributed by atoms with Crippen LogP contribution in [0, 0.1) is 19.8 Å². The van der Waals surface area contributed by atoms with Crippen LogP contribution in [-0.2, 0) is 4.79 Å². The predicted molar refractivity (Wildman–Crippen MR) is 73.9 cm³/mol. The van der Waals surface area contributed by atoms with Gasteiger partial charge in [-0.1, -0.05) is 6.92 Å². The Morgan fingerprint density at radius 2 is 2.11 bits per heavy atom. The van der Waals surface area contributed by atoms with Crippen LogP contribution >= 0.6 is 0 Å². The minimum Gasteiger partial charge on any atom is -0.330 e. The van der Waals surface area contributed by atoms with E-state index in [4.69, 9.17) is 5.73 Å². The summed E-state index contributed by atoms with van der Waals surface area (Å²) >= 11 is 0. The quantitative estimate of drug-likeness (QED) is 0.881. The van der Waals surface area contributed by atoms with Crippen LogP contribution in [0.2, 0.25) is 0 Å². The number of aromatic nitrogens is 2. The molecule has 2 N–H and O–H groups in total. The summed E-state index contributed by atoms with van der Waals surface area (Å²) in [4.78, 5) is 20.9. The Kier molecular flexibility index (Phi) is 3.90. The second-order valence-electron chi connectivity index (χ2n) is 4.64. The van der Waals surface area contributed by atoms with Crippen molar-refractivity contribution in [2.75, 3.05) is 11.6 Å². The number of anilines is 1. The molecule has 0 fully saturated rings. The van der Waals surface area contributed by atoms with Gasteiger partial charge < -0.3 is 5.73 Å². The van der Waals surface area contributed by atoms with Crippen LogP contribution in [0.4, 0.5) is 5.82 Å². The van der Waals surface area contributed by atoms with E-state index in [0.717, 1.165) is 17.8 Å². The molecule has 102 valence electrons. The van der Waals surface area contributed by atoms with Gasteiger partial charge >= 0.3 is 0 Å². The van der Waals surface area contributed by atoms with E-state index in [1.54, 1.807) is 13.0 Å². The molecule has 1 amide bonds. The molecule has 1 unspecified atom stereocenters. The molecule has 1 atom stereocenters. The van der Waals surface area contributed by atoms with Gasteiger partial charge in [0.1, 0.15) is 5.82 Å². The molecule has 2 rings (SSSR count). The van der Waals surface area contributed by atoms with Crippen molar-refractivity contribution in [3.63, 3.8) is 0 Å². The molecule has 0 aromatic carbocycles. The molecule has 0 spiro atoms. The topological polar surface area (TPSA) is 84.5 Å². The molecular weight excluding hydrogens is 242 g/mol. The van der Waals surface area contributed by atoms with Crippen LogP contribution in [0.1, 0.15) is 31.3 Å². The lowest BCUT2D eigenvalue weighted by molar-refractivity contribution is -0.119. The fourth-order valence-electron chi connectivity index (χ4n) is 2.28. The highest BCUT2D eigenvalue weighted by atomic mass is 16.2. The molecule has 1 aliphatic heterocycles. The zero-order valence-corrected chi connectivity index (χ0v) is 11.6. The average Bonchev–Trinajstić information content (AvgIpc) is 2.66. The van der Waals surface area contributed by atoms with Crippen LogP contribution in [0.15, 0.2) is 11.2 Å². The minimum atomic E-state index is -0.203. The lowest BCUT2D eigenvalue weighted by Gasteiger charge is -2.13. The number of rotatable bonds is 4. The molecule has 2 heterocycles. The molecule has 6 heteroatoms. The molecular formula is C13H19N5O. The molecule has 0 saturated heterocycles. The largest absolute Gasteiger partial charge is 0.330 e. The van der Waals surface area contributed by atoms with Crippen molar-refractivity contribution in [1.82, 2.24) is 9.97 Å². The lowest BCUT2D eigenvalue weighted by Crippen LogP contribution is -2.29. The highest BCUT2D eigenvalue weighted by molar-refractivity contribution is 6.15. The summed E-state index contributed by atoms with van der Waals surface area (Å²) in [6.45, 7) is 6.15. The number of carbonyl (C=O) groups is 1. The molecule has 19 heavy (non-hydrogen) atoms. The minimum absolute atomic E-state index is 0.0419. The second kappa shape index (κ2) is 5.44. The van der Waals surface area contributed by atoms with E-state index in [0.29, 0.717) is 24.6 Å². The molecule has 1 aromatic heterocycles. The zero-order chi connectivity index (χ0) is 14.0. The first-order valence-electron chi connectivity index (χ1n) is 6.50. The van der Waals surface area contributed by atoms with Gasteiger partial charge in [0.05, 0.1) is 11.6 Å². The first-order valence-corrected chi connectivity index (χ1v) is 6.50. The number of aryl methyl sites for hydroxylation is 2. The summed E-state index contributed by atoms with van der Waals surface area (Å²) in [5.41, 5.74) is 7.27. The van der Waals surface area contributed by atoms with Crippen molar-refractivity contribution in [2.45, 2.75) is 33.6 Å². The number of hydrazone groups is 1. The molecule has 0 aliphatic carbocycles. The van der Waals surface area contributed by atoms with E-state index < -0.39 is 0 Å². The Balaban J connectivity index is 2.35. The maximum atomic E-state index is 12.4. The number of nitrogens with zero attached hydrogens (tertiary/aromatic N) is 4. The summed E-state index contributed by atoms with van der Waals surface area (Å²) < 4.78 is 0. The highest BCUT2D eigenvalue weighted by Crippen LogP contribution is 2.25. The van der Waals surface area contributed by atoms with Crippen molar-refractivity contribution in [1.29, 1.82) is 0 Å². The fourth-order valence-corrected chi connectivity index (χ4v) is 2.28. The normalized spacial score (nSPS) is 18.9. The summed E-state index contributed by atoms with van der Waals surface area (Å²) in [5, 5.41) is 5.78. The Hall–Kier alpha value is -1.82. The van der Waals surface area contributed by atoms with Crippen molar-refractivity contribution in [3.8, 4) is 0 Å². The van der Waals surface area contributed by atoms with Crippen molar-refractivity contribution in [2.24, 2.45) is 16.8 Å². The molecule has 0 radical (unpaired) electrons. The van der Waals surface area contributed by atoms with Crippen LogP contribution < -0.4 is 10.7 Å². The van der Waals surface area contributed by atoms with E-state index in [2.05, 4.69) is 15.1 Å². The molecule has 0 bridgehead atoms. The second-order valence-corrected chi connectivity index (χ2v) is 4.64. The number of carbonyl (C=O) groups excluding carboxylic acids is 1. The summed E-state index contributed by atoms with van der Waals surface area (Å²) in [7, 11) is 0. The highest BCUT2D eigenvalue weighted by Gasteiger charge is 2.35. The average molecular weight is 261 g/mol. The monoisotopic (exact) mass is 261 g/mol. The summed E-state index contributed by atoms with van der Waals surface area (Å²) in [6.07, 6.45) is 1.38. The Bertz CT molecular complexity index is 506. The zero-order valence-electron chi connectivity index (χ0n) is 11.6. The third-order valence-corrected chi connectivity index (χ3v) is 3.12. The lowest BCUT2D eigenvalue weighted by atomic mass is 9.98. The third-order valence-electron chi connectivity index (χ3n) is 3.12. The van der Waals surface area contributed by atoms with E-state index in [9.17, 15) is 4.79 Å². The van der Waals surface area contributed by atoms with E-state index in [1.165, 1.54) is 5.01 Å². The van der Waals surface area contributed by atoms with Gasteiger partial charge in [-0.3, -0.25) is 4.79 Å². The van der Waals surface area contributed by atoms with Crippen LogP contribution in [0.5, 0.6) is 0 Å². The first kappa shape index (κ1) is 13.6. The van der Waals surface area contributed by atoms with Gasteiger partial charge in [-0.2, -0.15) is 10.1 Å². The van der Waals surface area contributed by atoms with Crippen molar-refractivity contribution < 1.29 is 4.79 Å². The van der Waals surface area contributed by atoms with Gasteiger partial charge in [0.2, 0.25) is 0 Å². The summed E-state index contributed by atoms with van der Waals surface area (Å²) in [5.74, 6) is 0.934. The van der Waals surface area contributed by atoms with Crippen molar-refractivity contribution in [3.05, 3.63) is 17.6 Å². The van der Waals surface area contributed by atoms with Gasteiger partial charge in [0, 0.05) is 11.8 Å². The maximum Gasteiger partial charge on any atom is 0.257 e. The SMILES string of the molecule is CCC1=NN(c2cc(C)nc(C)n2)C(=O)C1CCN. The van der Waals surface area contributed by atoms with Crippen LogP contribution in [0.25, 0.3) is 0 Å². The smallest absolute Gasteiger partial charge is 0.257 e. The van der Waals surface area contributed by atoms with E-state index in [-0.39, 0.29) is 11.8 Å². The number of hydrogen-bond donors (Lipinski definition) is 1. The number of hydrogen-bond acceptors (Lipinski definition) is 5. The standard InChI is InChI=1S/C13H19N5O/c1-4-11-10(5-6-14)13(19)18(17-11)12-7-8(2)15-9(3)16-12/h7,10H,4-6,14H2,1-3H3. The molecule has 1 aromatic rings. The van der Waals surface area contributed by atoms with Gasteiger partial charge in [-0.05, 0) is 33.2 Å². The Morgan fingerprint density at radius 3 is 2.68 bits per heavy atom. The Morgan fingerprint density at radius 1 is 1.37 bits per heavy atom. The third kappa shape index (κ3) is 2.63. The predicted octanol–water partition coefficient (Wildman–Crippen LogP) is 1.17. The van der Waals surface area contributed by atoms with Gasteiger partial charge in [0.15, 0.2) is 5.82 Å². The first-order chi connectivity index (χ1) is 9.06. The van der Waals surface area contributed by atoms with Crippen LogP contribution in [0.3, 0.4) is 0 Å². The molecule has 0 saturated carbocycles. The molecule has 1 aliphatic rings. The molecule has 6 nitrogen and oxygen atoms in total. The van der Waals surface area contributed by atoms with E-state index >= 15 is 0 Å². The van der Waals surface area contributed by atoms with Gasteiger partial charge in [-0.15, -0.1) is 0 Å². The van der Waals surface area contributed by atoms with E-state index in [1.807, 2.05) is 13.8 Å². The summed E-state index contributed by atoms with van der Waals surface area (Å²) in [6, 6.07) is 1.77. The van der Waals surface area contributed by atoms with Gasteiger partial charge in [0.25, 0.3) is 5.91 Å². The maximum absolute atomic E-state index is 12.4. The van der Waals surface area contributed by atoms with Gasteiger partial charge in [-0.25, -0.2) is 9.97 Å². The Labute approximate surface area is 112 Å². The van der Waals surface area contributed by atoms with Crippen molar-refractivity contribution >= 4 is 17.4 Å².